The fourth-order valence-electron chi connectivity index (χ4n) is 2.67. The summed E-state index contributed by atoms with van der Waals surface area (Å²) in [6.07, 6.45) is 1.15. The molecule has 0 aromatic heterocycles. The molecule has 10 heteroatoms. The van der Waals surface area contributed by atoms with Gasteiger partial charge in [-0.3, -0.25) is 9.59 Å². The zero-order chi connectivity index (χ0) is 25.2. The molecule has 1 rings (SSSR count). The lowest BCUT2D eigenvalue weighted by Crippen LogP contribution is -2.52. The monoisotopic (exact) mass is 482 g/mol. The van der Waals surface area contributed by atoms with Gasteiger partial charge in [0.15, 0.2) is 9.84 Å². The van der Waals surface area contributed by atoms with Crippen LogP contribution in [0.2, 0.25) is 0 Å². The van der Waals surface area contributed by atoms with Gasteiger partial charge in [0.2, 0.25) is 5.91 Å². The highest BCUT2D eigenvalue weighted by molar-refractivity contribution is 7.93. The first-order valence-electron chi connectivity index (χ1n) is 10.5. The fraction of sp³-hybridized carbons (Fsp3) is 0.522. The van der Waals surface area contributed by atoms with E-state index in [-0.39, 0.29) is 18.9 Å². The molecule has 2 atom stereocenters. The Morgan fingerprint density at radius 3 is 2.18 bits per heavy atom. The average Bonchev–Trinajstić information content (AvgIpc) is 2.67. The van der Waals surface area contributed by atoms with E-state index in [0.29, 0.717) is 0 Å². The number of hydrogen-bond donors (Lipinski definition) is 2. The molecule has 0 heterocycles. The topological polar surface area (TPSA) is 128 Å². The largest absolute Gasteiger partial charge is 0.460 e. The first-order valence-corrected chi connectivity index (χ1v) is 12.5. The average molecular weight is 483 g/mol. The molecule has 184 valence electrons. The first-order chi connectivity index (χ1) is 15.2. The SMILES string of the molecule is CC(C)[C@H](NC(=O)OCc1ccccc1)C(=O)N[C@H](/C=C/S(C)(=O)=O)CC(=O)OC(C)(C)C. The Kier molecular flexibility index (Phi) is 10.6. The molecule has 0 aliphatic heterocycles. The molecule has 1 aromatic rings. The van der Waals surface area contributed by atoms with Gasteiger partial charge in [0.1, 0.15) is 18.2 Å². The molecule has 0 unspecified atom stereocenters. The molecular formula is C23H34N2O7S. The Labute approximate surface area is 195 Å². The van der Waals surface area contributed by atoms with Crippen LogP contribution in [0, 0.1) is 5.92 Å². The van der Waals surface area contributed by atoms with Crippen LogP contribution >= 0.6 is 0 Å². The number of ether oxygens (including phenoxy) is 2. The third-order valence-electron chi connectivity index (χ3n) is 4.13. The molecule has 2 amide bonds. The van der Waals surface area contributed by atoms with Crippen molar-refractivity contribution in [2.45, 2.75) is 65.3 Å². The molecule has 9 nitrogen and oxygen atoms in total. The van der Waals surface area contributed by atoms with Gasteiger partial charge in [0.25, 0.3) is 0 Å². The minimum absolute atomic E-state index is 0.0392. The van der Waals surface area contributed by atoms with Gasteiger partial charge in [-0.25, -0.2) is 13.2 Å². The number of nitrogens with one attached hydrogen (secondary N) is 2. The van der Waals surface area contributed by atoms with E-state index in [1.165, 1.54) is 6.08 Å². The summed E-state index contributed by atoms with van der Waals surface area (Å²) in [5.74, 6) is -1.51. The minimum Gasteiger partial charge on any atom is -0.460 e. The van der Waals surface area contributed by atoms with Gasteiger partial charge in [-0.1, -0.05) is 50.3 Å². The van der Waals surface area contributed by atoms with Gasteiger partial charge in [0.05, 0.1) is 12.5 Å². The molecule has 0 saturated heterocycles. The summed E-state index contributed by atoms with van der Waals surface area (Å²) >= 11 is 0. The lowest BCUT2D eigenvalue weighted by atomic mass is 10.0. The zero-order valence-electron chi connectivity index (χ0n) is 20.0. The number of rotatable bonds is 10. The van der Waals surface area contributed by atoms with Gasteiger partial charge in [0, 0.05) is 11.7 Å². The molecular weight excluding hydrogens is 448 g/mol. The highest BCUT2D eigenvalue weighted by Crippen LogP contribution is 2.11. The second-order valence-electron chi connectivity index (χ2n) is 8.99. The first kappa shape index (κ1) is 28.2. The van der Waals surface area contributed by atoms with Crippen LogP contribution in [0.1, 0.15) is 46.6 Å². The van der Waals surface area contributed by atoms with Crippen molar-refractivity contribution in [1.82, 2.24) is 10.6 Å². The summed E-state index contributed by atoms with van der Waals surface area (Å²) in [4.78, 5) is 37.3. The van der Waals surface area contributed by atoms with Crippen molar-refractivity contribution in [2.75, 3.05) is 6.26 Å². The van der Waals surface area contributed by atoms with Crippen molar-refractivity contribution in [3.63, 3.8) is 0 Å². The third kappa shape index (κ3) is 12.7. The van der Waals surface area contributed by atoms with Gasteiger partial charge in [-0.05, 0) is 32.3 Å². The Hall–Kier alpha value is -2.88. The molecule has 0 fully saturated rings. The number of amides is 2. The highest BCUT2D eigenvalue weighted by atomic mass is 32.2. The van der Waals surface area contributed by atoms with Crippen molar-refractivity contribution in [2.24, 2.45) is 5.92 Å². The summed E-state index contributed by atoms with van der Waals surface area (Å²) in [5, 5.41) is 6.04. The van der Waals surface area contributed by atoms with Crippen LogP contribution < -0.4 is 10.6 Å². The van der Waals surface area contributed by atoms with E-state index in [1.54, 1.807) is 46.8 Å². The van der Waals surface area contributed by atoms with Crippen LogP contribution in [-0.4, -0.2) is 50.3 Å². The van der Waals surface area contributed by atoms with Gasteiger partial charge in [-0.2, -0.15) is 0 Å². The normalized spacial score (nSPS) is 13.9. The minimum atomic E-state index is -3.49. The van der Waals surface area contributed by atoms with Crippen molar-refractivity contribution in [3.05, 3.63) is 47.4 Å². The van der Waals surface area contributed by atoms with E-state index in [1.807, 2.05) is 18.2 Å². The van der Waals surface area contributed by atoms with Gasteiger partial charge in [-0.15, -0.1) is 0 Å². The van der Waals surface area contributed by atoms with Crippen molar-refractivity contribution in [3.8, 4) is 0 Å². The summed E-state index contributed by atoms with van der Waals surface area (Å²) in [6.45, 7) is 8.60. The van der Waals surface area contributed by atoms with Crippen LogP contribution in [0.3, 0.4) is 0 Å². The number of benzene rings is 1. The smallest absolute Gasteiger partial charge is 0.408 e. The highest BCUT2D eigenvalue weighted by Gasteiger charge is 2.28. The predicted molar refractivity (Wildman–Crippen MR) is 125 cm³/mol. The summed E-state index contributed by atoms with van der Waals surface area (Å²) in [6, 6.07) is 7.15. The Morgan fingerprint density at radius 1 is 1.06 bits per heavy atom. The van der Waals surface area contributed by atoms with Crippen molar-refractivity contribution in [1.29, 1.82) is 0 Å². The molecule has 0 aliphatic rings. The molecule has 33 heavy (non-hydrogen) atoms. The maximum Gasteiger partial charge on any atom is 0.408 e. The molecule has 0 aliphatic carbocycles. The van der Waals surface area contributed by atoms with Crippen molar-refractivity contribution >= 4 is 27.8 Å². The molecule has 0 spiro atoms. The zero-order valence-corrected chi connectivity index (χ0v) is 20.8. The van der Waals surface area contributed by atoms with E-state index in [4.69, 9.17) is 9.47 Å². The van der Waals surface area contributed by atoms with Crippen LogP contribution in [0.15, 0.2) is 41.8 Å². The Balaban J connectivity index is 2.86. The predicted octanol–water partition coefficient (Wildman–Crippen LogP) is 2.71. The molecule has 0 radical (unpaired) electrons. The number of esters is 1. The lowest BCUT2D eigenvalue weighted by molar-refractivity contribution is -0.155. The van der Waals surface area contributed by atoms with Gasteiger partial charge < -0.3 is 20.1 Å². The summed E-state index contributed by atoms with van der Waals surface area (Å²) < 4.78 is 33.5. The van der Waals surface area contributed by atoms with E-state index >= 15 is 0 Å². The number of carbonyl (C=O) groups is 3. The second kappa shape index (κ2) is 12.4. The van der Waals surface area contributed by atoms with E-state index in [2.05, 4.69) is 10.6 Å². The maximum absolute atomic E-state index is 12.9. The quantitative estimate of drug-likeness (QED) is 0.491. The molecule has 2 N–H and O–H groups in total. The number of sulfone groups is 1. The Bertz CT molecular complexity index is 935. The second-order valence-corrected chi connectivity index (χ2v) is 10.9. The molecule has 0 bridgehead atoms. The van der Waals surface area contributed by atoms with E-state index in [9.17, 15) is 22.8 Å². The fourth-order valence-corrected chi connectivity index (χ4v) is 3.14. The van der Waals surface area contributed by atoms with Crippen LogP contribution in [0.5, 0.6) is 0 Å². The maximum atomic E-state index is 12.9. The summed E-state index contributed by atoms with van der Waals surface area (Å²) in [7, 11) is -3.49. The van der Waals surface area contributed by atoms with Crippen LogP contribution in [-0.2, 0) is 35.5 Å². The van der Waals surface area contributed by atoms with Gasteiger partial charge >= 0.3 is 12.1 Å². The molecule has 1 aromatic carbocycles. The number of alkyl carbamates (subject to hydrolysis) is 1. The van der Waals surface area contributed by atoms with E-state index < -0.39 is 45.5 Å². The third-order valence-corrected chi connectivity index (χ3v) is 4.78. The Morgan fingerprint density at radius 2 is 1.67 bits per heavy atom. The number of hydrogen-bond acceptors (Lipinski definition) is 7. The standard InChI is InChI=1S/C23H34N2O7S/c1-16(2)20(25-22(28)31-15-17-10-8-7-9-11-17)21(27)24-18(12-13-33(6,29)30)14-19(26)32-23(3,4)5/h7-13,16,18,20H,14-15H2,1-6H3,(H,24,27)(H,25,28)/b13-12+/t18-,20+/m1/s1. The van der Waals surface area contributed by atoms with E-state index in [0.717, 1.165) is 17.2 Å². The summed E-state index contributed by atoms with van der Waals surface area (Å²) in [5.41, 5.74) is 0.0537. The van der Waals surface area contributed by atoms with Crippen LogP contribution in [0.4, 0.5) is 4.79 Å². The molecule has 0 saturated carbocycles. The van der Waals surface area contributed by atoms with Crippen LogP contribution in [0.25, 0.3) is 0 Å². The number of carbonyl (C=O) groups excluding carboxylic acids is 3. The van der Waals surface area contributed by atoms with Crippen molar-refractivity contribution < 1.29 is 32.3 Å². The lowest BCUT2D eigenvalue weighted by Gasteiger charge is -2.25.